The maximum atomic E-state index is 11.0. The lowest BCUT2D eigenvalue weighted by atomic mass is 10.2. The van der Waals surface area contributed by atoms with Crippen molar-refractivity contribution >= 4 is 22.8 Å². The molecule has 0 bridgehead atoms. The van der Waals surface area contributed by atoms with Gasteiger partial charge in [-0.3, -0.25) is 25.7 Å². The predicted molar refractivity (Wildman–Crippen MR) is 68.6 cm³/mol. The second kappa shape index (κ2) is 6.44. The second-order valence-corrected chi connectivity index (χ2v) is 3.32. The van der Waals surface area contributed by atoms with Gasteiger partial charge in [0.25, 0.3) is 0 Å². The van der Waals surface area contributed by atoms with Crippen LogP contribution in [-0.4, -0.2) is 22.7 Å². The second-order valence-electron chi connectivity index (χ2n) is 3.32. The Hall–Kier alpha value is -3.73. The highest BCUT2D eigenvalue weighted by atomic mass is 16.6. The molecule has 1 rings (SSSR count). The number of nitriles is 2. The maximum Gasteiger partial charge on any atom is 0.389 e. The third kappa shape index (κ3) is 3.18. The van der Waals surface area contributed by atoms with Crippen LogP contribution in [0.25, 0.3) is 0 Å². The van der Waals surface area contributed by atoms with Gasteiger partial charge in [0.15, 0.2) is 0 Å². The third-order valence-electron chi connectivity index (χ3n) is 2.20. The molecule has 11 heteroatoms. The summed E-state index contributed by atoms with van der Waals surface area (Å²) in [5, 5.41) is 42.3. The molecule has 0 saturated heterocycles. The fourth-order valence-electron chi connectivity index (χ4n) is 1.37. The molecule has 1 N–H and O–H groups in total. The van der Waals surface area contributed by atoms with Crippen molar-refractivity contribution in [3.05, 3.63) is 32.4 Å². The molecule has 0 atom stereocenters. The first-order valence-electron chi connectivity index (χ1n) is 5.09. The molecule has 0 radical (unpaired) electrons. The molecule has 1 aromatic carbocycles. The van der Waals surface area contributed by atoms with Crippen molar-refractivity contribution in [1.29, 1.82) is 10.5 Å². The van der Waals surface area contributed by atoms with Gasteiger partial charge in [0.1, 0.15) is 17.8 Å². The Morgan fingerprint density at radius 1 is 1.24 bits per heavy atom. The maximum absolute atomic E-state index is 11.0. The van der Waals surface area contributed by atoms with E-state index in [0.29, 0.717) is 0 Å². The molecule has 1 aromatic rings. The molecule has 0 fully saturated rings. The van der Waals surface area contributed by atoms with Crippen molar-refractivity contribution in [2.24, 2.45) is 5.10 Å². The number of hydrogen-bond donors (Lipinski definition) is 1. The molecule has 0 unspecified atom stereocenters. The highest BCUT2D eigenvalue weighted by Gasteiger charge is 2.33. The number of ether oxygens (including phenoxy) is 1. The van der Waals surface area contributed by atoms with Gasteiger partial charge in [-0.25, -0.2) is 0 Å². The monoisotopic (exact) mass is 290 g/mol. The van der Waals surface area contributed by atoms with Crippen molar-refractivity contribution in [3.8, 4) is 17.9 Å². The number of anilines is 1. The molecule has 0 heterocycles. The van der Waals surface area contributed by atoms with E-state index in [0.717, 1.165) is 19.2 Å². The van der Waals surface area contributed by atoms with Crippen LogP contribution in [0, 0.1) is 42.9 Å². The van der Waals surface area contributed by atoms with Crippen LogP contribution in [0.4, 0.5) is 17.1 Å². The lowest BCUT2D eigenvalue weighted by molar-refractivity contribution is -0.422. The Morgan fingerprint density at radius 3 is 2.24 bits per heavy atom. The molecule has 0 aliphatic carbocycles. The largest absolute Gasteiger partial charge is 0.490 e. The summed E-state index contributed by atoms with van der Waals surface area (Å²) >= 11 is 0. The normalized spacial score (nSPS) is 8.90. The van der Waals surface area contributed by atoms with Gasteiger partial charge in [0.05, 0.1) is 17.0 Å². The first-order valence-corrected chi connectivity index (χ1v) is 5.09. The zero-order valence-electron chi connectivity index (χ0n) is 10.4. The minimum absolute atomic E-state index is 0.304. The number of nitro groups is 2. The Morgan fingerprint density at radius 2 is 1.81 bits per heavy atom. The van der Waals surface area contributed by atoms with Crippen LogP contribution in [0.2, 0.25) is 0 Å². The van der Waals surface area contributed by atoms with Crippen LogP contribution in [0.1, 0.15) is 0 Å². The van der Waals surface area contributed by atoms with E-state index in [9.17, 15) is 20.2 Å². The van der Waals surface area contributed by atoms with Crippen molar-refractivity contribution in [2.45, 2.75) is 0 Å². The van der Waals surface area contributed by atoms with Crippen LogP contribution in [0.15, 0.2) is 17.2 Å². The number of methoxy groups -OCH3 is 1. The van der Waals surface area contributed by atoms with E-state index in [2.05, 4.69) is 10.5 Å². The molecular weight excluding hydrogens is 284 g/mol. The van der Waals surface area contributed by atoms with Gasteiger partial charge >= 0.3 is 11.4 Å². The fourth-order valence-corrected chi connectivity index (χ4v) is 1.37. The summed E-state index contributed by atoms with van der Waals surface area (Å²) in [7, 11) is 1.13. The van der Waals surface area contributed by atoms with Crippen LogP contribution in [-0.2, 0) is 0 Å². The van der Waals surface area contributed by atoms with Gasteiger partial charge in [-0.2, -0.15) is 15.6 Å². The van der Waals surface area contributed by atoms with E-state index >= 15 is 0 Å². The predicted octanol–water partition coefficient (Wildman–Crippen LogP) is 1.33. The van der Waals surface area contributed by atoms with E-state index in [1.807, 2.05) is 0 Å². The number of hydrogen-bond acceptors (Lipinski definition) is 9. The van der Waals surface area contributed by atoms with Gasteiger partial charge in [0, 0.05) is 0 Å². The first kappa shape index (κ1) is 15.3. The van der Waals surface area contributed by atoms with Gasteiger partial charge in [-0.05, 0) is 12.1 Å². The molecule has 0 aliphatic heterocycles. The van der Waals surface area contributed by atoms with Crippen molar-refractivity contribution in [3.63, 3.8) is 0 Å². The Labute approximate surface area is 117 Å². The number of nitro benzene ring substituents is 2. The zero-order valence-corrected chi connectivity index (χ0v) is 10.4. The highest BCUT2D eigenvalue weighted by molar-refractivity contribution is 6.10. The number of benzene rings is 1. The van der Waals surface area contributed by atoms with E-state index in [-0.39, 0.29) is 11.4 Å². The first-order chi connectivity index (χ1) is 9.96. The number of rotatable bonds is 5. The zero-order chi connectivity index (χ0) is 16.0. The minimum Gasteiger partial charge on any atom is -0.490 e. The van der Waals surface area contributed by atoms with Crippen LogP contribution in [0.5, 0.6) is 5.75 Å². The van der Waals surface area contributed by atoms with Gasteiger partial charge in [0.2, 0.25) is 11.5 Å². The minimum atomic E-state index is -0.989. The van der Waals surface area contributed by atoms with Gasteiger partial charge in [-0.15, -0.1) is 0 Å². The third-order valence-corrected chi connectivity index (χ3v) is 2.20. The smallest absolute Gasteiger partial charge is 0.389 e. The van der Waals surface area contributed by atoms with Crippen molar-refractivity contribution in [1.82, 2.24) is 0 Å². The lowest BCUT2D eigenvalue weighted by Crippen LogP contribution is -2.04. The standard InChI is InChI=1S/C10H6N6O5/c1-21-8-3-2-7(14-13-6(4-11)5-12)9(15(17)18)10(8)16(19)20/h2-3,14H,1H3. The molecule has 0 spiro atoms. The summed E-state index contributed by atoms with van der Waals surface area (Å²) < 4.78 is 4.71. The number of nitrogens with zero attached hydrogens (tertiary/aromatic N) is 5. The molecule has 0 aliphatic rings. The Balaban J connectivity index is 3.49. The van der Waals surface area contributed by atoms with Gasteiger partial charge in [-0.1, -0.05) is 0 Å². The summed E-state index contributed by atoms with van der Waals surface area (Å²) in [6.45, 7) is 0. The Kier molecular flexibility index (Phi) is 4.70. The summed E-state index contributed by atoms with van der Waals surface area (Å²) in [4.78, 5) is 20.0. The van der Waals surface area contributed by atoms with Crippen LogP contribution < -0.4 is 10.2 Å². The average Bonchev–Trinajstić information content (AvgIpc) is 2.46. The van der Waals surface area contributed by atoms with E-state index in [1.165, 1.54) is 12.1 Å². The molecule has 0 aromatic heterocycles. The Bertz CT molecular complexity index is 698. The average molecular weight is 290 g/mol. The SMILES string of the molecule is COc1ccc(NN=C(C#N)C#N)c([N+](=O)[O-])c1[N+](=O)[O-]. The quantitative estimate of drug-likeness (QED) is 0.481. The van der Waals surface area contributed by atoms with Crippen molar-refractivity contribution < 1.29 is 14.6 Å². The molecular formula is C10H6N6O5. The summed E-state index contributed by atoms with van der Waals surface area (Å²) in [6.07, 6.45) is 0. The molecule has 0 amide bonds. The fraction of sp³-hybridized carbons (Fsp3) is 0.100. The lowest BCUT2D eigenvalue weighted by Gasteiger charge is -2.06. The molecule has 106 valence electrons. The topological polar surface area (TPSA) is 167 Å². The molecule has 11 nitrogen and oxygen atoms in total. The summed E-state index contributed by atoms with van der Waals surface area (Å²) in [5.74, 6) is -0.304. The van der Waals surface area contributed by atoms with E-state index in [4.69, 9.17) is 15.3 Å². The molecule has 0 saturated carbocycles. The summed E-state index contributed by atoms with van der Waals surface area (Å²) in [5.41, 5.74) is -0.615. The van der Waals surface area contributed by atoms with E-state index in [1.54, 1.807) is 0 Å². The molecule has 21 heavy (non-hydrogen) atoms. The highest BCUT2D eigenvalue weighted by Crippen LogP contribution is 2.41. The van der Waals surface area contributed by atoms with Gasteiger partial charge < -0.3 is 4.74 Å². The van der Waals surface area contributed by atoms with Crippen LogP contribution in [0.3, 0.4) is 0 Å². The number of hydrazone groups is 1. The van der Waals surface area contributed by atoms with E-state index < -0.39 is 26.9 Å². The van der Waals surface area contributed by atoms with Crippen molar-refractivity contribution in [2.75, 3.05) is 12.5 Å². The van der Waals surface area contributed by atoms with Crippen LogP contribution >= 0.6 is 0 Å². The summed E-state index contributed by atoms with van der Waals surface area (Å²) in [6, 6.07) is 5.09. The number of nitrogens with one attached hydrogen (secondary N) is 1.